The summed E-state index contributed by atoms with van der Waals surface area (Å²) in [5.74, 6) is 1.62. The van der Waals surface area contributed by atoms with Crippen LogP contribution in [0.25, 0.3) is 10.8 Å². The van der Waals surface area contributed by atoms with Crippen LogP contribution in [0.1, 0.15) is 5.56 Å². The Morgan fingerprint density at radius 2 is 1.87 bits per heavy atom. The molecule has 0 unspecified atom stereocenters. The van der Waals surface area contributed by atoms with Crippen molar-refractivity contribution >= 4 is 38.7 Å². The smallest absolute Gasteiger partial charge is 0.240 e. The second-order valence-electron chi connectivity index (χ2n) is 6.63. The molecule has 0 amide bonds. The van der Waals surface area contributed by atoms with Gasteiger partial charge in [0.25, 0.3) is 0 Å². The molecule has 4 aromatic rings. The molecule has 0 bridgehead atoms. The molecule has 0 spiro atoms. The van der Waals surface area contributed by atoms with E-state index in [0.717, 1.165) is 10.4 Å². The van der Waals surface area contributed by atoms with E-state index >= 15 is 0 Å². The highest BCUT2D eigenvalue weighted by Crippen LogP contribution is 2.36. The molecule has 0 radical (unpaired) electrons. The highest BCUT2D eigenvalue weighted by atomic mass is 35.5. The lowest BCUT2D eigenvalue weighted by molar-refractivity contribution is 0.174. The van der Waals surface area contributed by atoms with E-state index in [1.165, 1.54) is 35.6 Å². The molecule has 7 nitrogen and oxygen atoms in total. The Kier molecular flexibility index (Phi) is 5.09. The summed E-state index contributed by atoms with van der Waals surface area (Å²) in [6.07, 6.45) is 0. The van der Waals surface area contributed by atoms with Crippen molar-refractivity contribution in [2.45, 2.75) is 16.5 Å². The second kappa shape index (κ2) is 7.92. The number of sulfone groups is 1. The van der Waals surface area contributed by atoms with E-state index in [4.69, 9.17) is 25.5 Å². The summed E-state index contributed by atoms with van der Waals surface area (Å²) in [4.78, 5) is 5.11. The number of thiophene rings is 1. The maximum Gasteiger partial charge on any atom is 0.240 e. The van der Waals surface area contributed by atoms with Crippen LogP contribution < -0.4 is 14.8 Å². The molecule has 1 N–H and O–H groups in total. The van der Waals surface area contributed by atoms with Crippen molar-refractivity contribution in [2.75, 3.05) is 12.1 Å². The monoisotopic (exact) mass is 474 g/mol. The van der Waals surface area contributed by atoms with Gasteiger partial charge in [0.1, 0.15) is 0 Å². The molecule has 31 heavy (non-hydrogen) atoms. The average molecular weight is 475 g/mol. The maximum atomic E-state index is 13.3. The third kappa shape index (κ3) is 3.87. The van der Waals surface area contributed by atoms with E-state index < -0.39 is 9.84 Å². The van der Waals surface area contributed by atoms with Crippen molar-refractivity contribution in [2.24, 2.45) is 0 Å². The third-order valence-electron chi connectivity index (χ3n) is 4.60. The summed E-state index contributed by atoms with van der Waals surface area (Å²) in [7, 11) is -3.94. The molecule has 10 heteroatoms. The quantitative estimate of drug-likeness (QED) is 0.409. The van der Waals surface area contributed by atoms with Crippen LogP contribution in [0.15, 0.2) is 74.3 Å². The topological polar surface area (TPSA) is 90.7 Å². The van der Waals surface area contributed by atoms with Crippen LogP contribution in [0, 0.1) is 0 Å². The van der Waals surface area contributed by atoms with Gasteiger partial charge in [0, 0.05) is 11.6 Å². The second-order valence-corrected chi connectivity index (χ2v) is 9.88. The average Bonchev–Trinajstić information content (AvgIpc) is 3.52. The summed E-state index contributed by atoms with van der Waals surface area (Å²) < 4.78 is 43.1. The number of oxazole rings is 1. The summed E-state index contributed by atoms with van der Waals surface area (Å²) in [5.41, 5.74) is 0.869. The van der Waals surface area contributed by atoms with Crippen LogP contribution in [-0.4, -0.2) is 20.2 Å². The SMILES string of the molecule is O=S(=O)(c1ccc(Cl)cc1)c1nc(-c2cccs2)oc1NCc1ccc2c(c1)OCO2. The van der Waals surface area contributed by atoms with Gasteiger partial charge in [-0.1, -0.05) is 23.7 Å². The Morgan fingerprint density at radius 3 is 2.65 bits per heavy atom. The lowest BCUT2D eigenvalue weighted by Crippen LogP contribution is -2.07. The zero-order chi connectivity index (χ0) is 21.4. The fraction of sp³-hybridized carbons (Fsp3) is 0.0952. The highest BCUT2D eigenvalue weighted by molar-refractivity contribution is 7.91. The normalized spacial score (nSPS) is 12.8. The van der Waals surface area contributed by atoms with Crippen LogP contribution >= 0.6 is 22.9 Å². The van der Waals surface area contributed by atoms with Gasteiger partial charge in [-0.15, -0.1) is 11.3 Å². The number of hydrogen-bond acceptors (Lipinski definition) is 8. The molecule has 2 aromatic heterocycles. The predicted molar refractivity (Wildman–Crippen MR) is 117 cm³/mol. The summed E-state index contributed by atoms with van der Waals surface area (Å²) in [6, 6.07) is 15.1. The van der Waals surface area contributed by atoms with Gasteiger partial charge in [-0.3, -0.25) is 0 Å². The number of halogens is 1. The molecule has 1 aliphatic heterocycles. The van der Waals surface area contributed by atoms with E-state index in [1.807, 2.05) is 35.7 Å². The number of rotatable bonds is 6. The number of ether oxygens (including phenoxy) is 2. The third-order valence-corrected chi connectivity index (χ3v) is 7.38. The molecule has 0 saturated heterocycles. The minimum Gasteiger partial charge on any atom is -0.454 e. The first-order valence-corrected chi connectivity index (χ1v) is 11.9. The number of hydrogen-bond donors (Lipinski definition) is 1. The lowest BCUT2D eigenvalue weighted by Gasteiger charge is -2.07. The minimum atomic E-state index is -3.94. The van der Waals surface area contributed by atoms with Gasteiger partial charge in [0.05, 0.1) is 9.77 Å². The molecule has 5 rings (SSSR count). The zero-order valence-corrected chi connectivity index (χ0v) is 18.3. The fourth-order valence-electron chi connectivity index (χ4n) is 3.06. The summed E-state index contributed by atoms with van der Waals surface area (Å²) in [6.45, 7) is 0.487. The molecule has 0 saturated carbocycles. The Balaban J connectivity index is 1.50. The van der Waals surface area contributed by atoms with E-state index in [9.17, 15) is 8.42 Å². The number of aromatic nitrogens is 1. The summed E-state index contributed by atoms with van der Waals surface area (Å²) >= 11 is 7.32. The van der Waals surface area contributed by atoms with Crippen LogP contribution in [0.2, 0.25) is 5.02 Å². The molecule has 0 atom stereocenters. The highest BCUT2D eigenvalue weighted by Gasteiger charge is 2.29. The number of nitrogens with zero attached hydrogens (tertiary/aromatic N) is 1. The van der Waals surface area contributed by atoms with E-state index in [0.29, 0.717) is 23.1 Å². The molecule has 158 valence electrons. The Labute approximate surface area is 187 Å². The first kappa shape index (κ1) is 19.9. The number of fused-ring (bicyclic) bond motifs is 1. The van der Waals surface area contributed by atoms with Gasteiger partial charge < -0.3 is 19.2 Å². The number of anilines is 1. The van der Waals surface area contributed by atoms with Crippen molar-refractivity contribution in [1.29, 1.82) is 0 Å². The minimum absolute atomic E-state index is 0.0658. The van der Waals surface area contributed by atoms with E-state index in [2.05, 4.69) is 10.3 Å². The molecule has 1 aliphatic rings. The van der Waals surface area contributed by atoms with Crippen molar-refractivity contribution in [3.8, 4) is 22.3 Å². The predicted octanol–water partition coefficient (Wildman–Crippen LogP) is 5.23. The van der Waals surface area contributed by atoms with Gasteiger partial charge >= 0.3 is 0 Å². The first-order valence-electron chi connectivity index (χ1n) is 9.18. The van der Waals surface area contributed by atoms with Crippen LogP contribution in [-0.2, 0) is 16.4 Å². The molecular weight excluding hydrogens is 460 g/mol. The van der Waals surface area contributed by atoms with Gasteiger partial charge in [-0.2, -0.15) is 4.98 Å². The van der Waals surface area contributed by atoms with Crippen LogP contribution in [0.5, 0.6) is 11.5 Å². The lowest BCUT2D eigenvalue weighted by atomic mass is 10.2. The van der Waals surface area contributed by atoms with Crippen molar-refractivity contribution in [3.63, 3.8) is 0 Å². The van der Waals surface area contributed by atoms with Gasteiger partial charge in [0.15, 0.2) is 11.5 Å². The number of benzene rings is 2. The molecule has 0 aliphatic carbocycles. The molecule has 2 aromatic carbocycles. The van der Waals surface area contributed by atoms with Gasteiger partial charge in [-0.25, -0.2) is 8.42 Å². The molecule has 3 heterocycles. The van der Waals surface area contributed by atoms with Crippen LogP contribution in [0.4, 0.5) is 5.88 Å². The van der Waals surface area contributed by atoms with E-state index in [-0.39, 0.29) is 28.5 Å². The van der Waals surface area contributed by atoms with Crippen molar-refractivity contribution in [1.82, 2.24) is 4.98 Å². The Morgan fingerprint density at radius 1 is 1.06 bits per heavy atom. The van der Waals surface area contributed by atoms with Crippen molar-refractivity contribution in [3.05, 3.63) is 70.6 Å². The largest absolute Gasteiger partial charge is 0.454 e. The van der Waals surface area contributed by atoms with Crippen molar-refractivity contribution < 1.29 is 22.3 Å². The maximum absolute atomic E-state index is 13.3. The van der Waals surface area contributed by atoms with Gasteiger partial charge in [-0.05, 0) is 53.4 Å². The Hall–Kier alpha value is -3.01. The first-order chi connectivity index (χ1) is 15.0. The van der Waals surface area contributed by atoms with Crippen LogP contribution in [0.3, 0.4) is 0 Å². The molecule has 0 fully saturated rings. The fourth-order valence-corrected chi connectivity index (χ4v) is 5.12. The molecular formula is C21H15ClN2O5S2. The summed E-state index contributed by atoms with van der Waals surface area (Å²) in [5, 5.41) is 5.19. The zero-order valence-electron chi connectivity index (χ0n) is 15.9. The van der Waals surface area contributed by atoms with Gasteiger partial charge in [0.2, 0.25) is 33.4 Å². The Bertz CT molecular complexity index is 1330. The number of nitrogens with one attached hydrogen (secondary N) is 1. The standard InChI is InChI=1S/C21H15ClN2O5S2/c22-14-4-6-15(7-5-14)31(25,26)21-20(29-19(24-21)18-2-1-9-30-18)23-11-13-3-8-16-17(10-13)28-12-27-16/h1-10,23H,11-12H2. The van der Waals surface area contributed by atoms with E-state index in [1.54, 1.807) is 0 Å².